The molecule has 1 aromatic carbocycles. The molecule has 1 aromatic rings. The highest BCUT2D eigenvalue weighted by molar-refractivity contribution is 5.92. The van der Waals surface area contributed by atoms with Crippen molar-refractivity contribution in [1.82, 2.24) is 0 Å². The van der Waals surface area contributed by atoms with Crippen LogP contribution in [0.3, 0.4) is 0 Å². The number of primary amides is 2. The first-order valence-electron chi connectivity index (χ1n) is 4.43. The van der Waals surface area contributed by atoms with Crippen LogP contribution in [0.1, 0.15) is 0 Å². The van der Waals surface area contributed by atoms with Crippen molar-refractivity contribution in [2.45, 2.75) is 0 Å². The highest BCUT2D eigenvalue weighted by atomic mass is 19.1. The largest absolute Gasteiger partial charge is 0.350 e. The van der Waals surface area contributed by atoms with Crippen LogP contribution in [0.15, 0.2) is 12.1 Å². The molecule has 0 unspecified atom stereocenters. The lowest BCUT2D eigenvalue weighted by atomic mass is 10.2. The predicted octanol–water partition coefficient (Wildman–Crippen LogP) is -0.518. The van der Waals surface area contributed by atoms with E-state index in [2.05, 4.69) is 0 Å². The van der Waals surface area contributed by atoms with Crippen LogP contribution in [0.2, 0.25) is 0 Å². The molecule has 0 aromatic heterocycles. The van der Waals surface area contributed by atoms with Gasteiger partial charge in [0, 0.05) is 12.1 Å². The zero-order chi connectivity index (χ0) is 14.0. The Hall–Kier alpha value is -2.46. The van der Waals surface area contributed by atoms with Gasteiger partial charge in [0.25, 0.3) is 0 Å². The monoisotopic (exact) mass is 260 g/mol. The standard InChI is InChI=1S/C8H10F2N6O2/c9-3-1-5(15(13)7(11)17)4(10)2-6(3)16(14)8(12)18/h1-2H,13-14H2,(H2,11,17)(H2,12,18). The summed E-state index contributed by atoms with van der Waals surface area (Å²) in [5.74, 6) is 8.00. The van der Waals surface area contributed by atoms with E-state index >= 15 is 0 Å². The van der Waals surface area contributed by atoms with Crippen molar-refractivity contribution in [2.24, 2.45) is 23.2 Å². The van der Waals surface area contributed by atoms with E-state index in [-0.39, 0.29) is 10.0 Å². The zero-order valence-electron chi connectivity index (χ0n) is 8.93. The van der Waals surface area contributed by atoms with Crippen LogP contribution < -0.4 is 33.2 Å². The average molecular weight is 260 g/mol. The van der Waals surface area contributed by atoms with Gasteiger partial charge < -0.3 is 11.5 Å². The molecule has 0 atom stereocenters. The molecule has 98 valence electrons. The summed E-state index contributed by atoms with van der Waals surface area (Å²) in [6.07, 6.45) is 0. The summed E-state index contributed by atoms with van der Waals surface area (Å²) in [7, 11) is 0. The van der Waals surface area contributed by atoms with Crippen molar-refractivity contribution in [3.63, 3.8) is 0 Å². The fourth-order valence-corrected chi connectivity index (χ4v) is 1.13. The fraction of sp³-hybridized carbons (Fsp3) is 0. The highest BCUT2D eigenvalue weighted by Gasteiger charge is 2.20. The van der Waals surface area contributed by atoms with E-state index in [1.54, 1.807) is 0 Å². The number of carbonyl (C=O) groups is 2. The van der Waals surface area contributed by atoms with Crippen molar-refractivity contribution in [3.8, 4) is 0 Å². The molecular weight excluding hydrogens is 250 g/mol. The number of hydrogen-bond donors (Lipinski definition) is 4. The summed E-state index contributed by atoms with van der Waals surface area (Å²) in [6.45, 7) is 0. The number of urea groups is 2. The summed E-state index contributed by atoms with van der Waals surface area (Å²) in [4.78, 5) is 21.4. The van der Waals surface area contributed by atoms with Gasteiger partial charge in [-0.3, -0.25) is 0 Å². The van der Waals surface area contributed by atoms with Crippen molar-refractivity contribution in [2.75, 3.05) is 10.0 Å². The molecule has 0 heterocycles. The van der Waals surface area contributed by atoms with Gasteiger partial charge in [0.05, 0.1) is 0 Å². The van der Waals surface area contributed by atoms with Crippen LogP contribution in [0.4, 0.5) is 29.7 Å². The number of halogens is 2. The van der Waals surface area contributed by atoms with Gasteiger partial charge in [0.2, 0.25) is 0 Å². The SMILES string of the molecule is NC(=O)N(N)c1cc(F)c(N(N)C(N)=O)cc1F. The van der Waals surface area contributed by atoms with Gasteiger partial charge in [-0.1, -0.05) is 0 Å². The minimum absolute atomic E-state index is 0.202. The molecule has 8 N–H and O–H groups in total. The van der Waals surface area contributed by atoms with Crippen molar-refractivity contribution in [3.05, 3.63) is 23.8 Å². The van der Waals surface area contributed by atoms with E-state index in [4.69, 9.17) is 23.2 Å². The van der Waals surface area contributed by atoms with Gasteiger partial charge >= 0.3 is 12.1 Å². The molecular formula is C8H10F2N6O2. The van der Waals surface area contributed by atoms with Gasteiger partial charge in [0.15, 0.2) is 11.6 Å². The maximum atomic E-state index is 13.5. The number of amides is 4. The summed E-state index contributed by atoms with van der Waals surface area (Å²) < 4.78 is 27.1. The highest BCUT2D eigenvalue weighted by Crippen LogP contribution is 2.26. The van der Waals surface area contributed by atoms with E-state index in [9.17, 15) is 18.4 Å². The Balaban J connectivity index is 3.28. The second-order valence-electron chi connectivity index (χ2n) is 3.17. The second-order valence-corrected chi connectivity index (χ2v) is 3.17. The molecule has 0 spiro atoms. The number of nitrogens with two attached hydrogens (primary N) is 4. The van der Waals surface area contributed by atoms with Gasteiger partial charge in [-0.2, -0.15) is 0 Å². The Bertz CT molecular complexity index is 463. The van der Waals surface area contributed by atoms with Gasteiger partial charge in [0.1, 0.15) is 11.4 Å². The maximum absolute atomic E-state index is 13.5. The normalized spacial score (nSPS) is 10.0. The lowest BCUT2D eigenvalue weighted by molar-refractivity contribution is 0.252. The molecule has 8 nitrogen and oxygen atoms in total. The Morgan fingerprint density at radius 2 is 1.17 bits per heavy atom. The van der Waals surface area contributed by atoms with E-state index in [0.29, 0.717) is 12.1 Å². The third kappa shape index (κ3) is 2.44. The Morgan fingerprint density at radius 1 is 0.889 bits per heavy atom. The number of benzene rings is 1. The Labute approximate surface area is 99.6 Å². The van der Waals surface area contributed by atoms with Crippen molar-refractivity contribution in [1.29, 1.82) is 0 Å². The quantitative estimate of drug-likeness (QED) is 0.322. The third-order valence-electron chi connectivity index (χ3n) is 2.01. The Morgan fingerprint density at radius 3 is 1.39 bits per heavy atom. The van der Waals surface area contributed by atoms with Crippen LogP contribution in [-0.4, -0.2) is 12.1 Å². The predicted molar refractivity (Wildman–Crippen MR) is 58.9 cm³/mol. The first kappa shape index (κ1) is 13.6. The van der Waals surface area contributed by atoms with Gasteiger partial charge in [-0.25, -0.2) is 40.1 Å². The first-order chi connectivity index (χ1) is 8.25. The molecule has 1 rings (SSSR count). The van der Waals surface area contributed by atoms with E-state index in [1.165, 1.54) is 0 Å². The molecule has 0 saturated heterocycles. The molecule has 0 aliphatic rings. The Kier molecular flexibility index (Phi) is 3.64. The maximum Gasteiger partial charge on any atom is 0.333 e. The topological polar surface area (TPSA) is 145 Å². The number of anilines is 2. The van der Waals surface area contributed by atoms with Crippen LogP contribution in [0.25, 0.3) is 0 Å². The number of rotatable bonds is 2. The van der Waals surface area contributed by atoms with Crippen molar-refractivity contribution < 1.29 is 18.4 Å². The van der Waals surface area contributed by atoms with Crippen molar-refractivity contribution >= 4 is 23.4 Å². The minimum Gasteiger partial charge on any atom is -0.350 e. The molecule has 0 fully saturated rings. The van der Waals surface area contributed by atoms with E-state index in [0.717, 1.165) is 0 Å². The smallest absolute Gasteiger partial charge is 0.333 e. The summed E-state index contributed by atoms with van der Waals surface area (Å²) in [5.41, 5.74) is 8.37. The molecule has 0 aliphatic carbocycles. The fourth-order valence-electron chi connectivity index (χ4n) is 1.13. The molecule has 0 saturated carbocycles. The average Bonchev–Trinajstić information content (AvgIpc) is 2.29. The van der Waals surface area contributed by atoms with Gasteiger partial charge in [-0.15, -0.1) is 0 Å². The van der Waals surface area contributed by atoms with E-state index < -0.39 is 35.1 Å². The van der Waals surface area contributed by atoms with Crippen LogP contribution in [0.5, 0.6) is 0 Å². The lowest BCUT2D eigenvalue weighted by Gasteiger charge is -2.18. The summed E-state index contributed by atoms with van der Waals surface area (Å²) >= 11 is 0. The molecule has 0 bridgehead atoms. The zero-order valence-corrected chi connectivity index (χ0v) is 8.93. The molecule has 10 heteroatoms. The second kappa shape index (κ2) is 4.81. The number of hydrogen-bond acceptors (Lipinski definition) is 4. The molecule has 0 radical (unpaired) electrons. The number of carbonyl (C=O) groups excluding carboxylic acids is 2. The van der Waals surface area contributed by atoms with Crippen LogP contribution >= 0.6 is 0 Å². The van der Waals surface area contributed by atoms with Crippen LogP contribution in [0, 0.1) is 11.6 Å². The summed E-state index contributed by atoms with van der Waals surface area (Å²) in [6, 6.07) is -1.28. The number of hydrazine groups is 2. The van der Waals surface area contributed by atoms with Crippen LogP contribution in [-0.2, 0) is 0 Å². The molecule has 18 heavy (non-hydrogen) atoms. The lowest BCUT2D eigenvalue weighted by Crippen LogP contribution is -2.43. The first-order valence-corrected chi connectivity index (χ1v) is 4.43. The third-order valence-corrected chi connectivity index (χ3v) is 2.01. The van der Waals surface area contributed by atoms with Gasteiger partial charge in [-0.05, 0) is 0 Å². The minimum atomic E-state index is -1.19. The summed E-state index contributed by atoms with van der Waals surface area (Å²) in [5, 5.41) is 0.403. The molecule has 0 aliphatic heterocycles. The van der Waals surface area contributed by atoms with E-state index in [1.807, 2.05) is 0 Å². The number of nitrogens with zero attached hydrogens (tertiary/aromatic N) is 2. The molecule has 4 amide bonds.